The zero-order valence-corrected chi connectivity index (χ0v) is 17.7. The average Bonchev–Trinajstić information content (AvgIpc) is 2.82. The van der Waals surface area contributed by atoms with Crippen LogP contribution in [0, 0.1) is 0 Å². The number of benzene rings is 3. The molecule has 0 aromatic heterocycles. The topological polar surface area (TPSA) is 63.2 Å². The van der Waals surface area contributed by atoms with E-state index in [1.165, 1.54) is 0 Å². The molecular formula is C25H24O6. The number of methoxy groups -OCH3 is 3. The lowest BCUT2D eigenvalue weighted by atomic mass is 9.95. The average molecular weight is 420 g/mol. The van der Waals surface area contributed by atoms with Crippen molar-refractivity contribution in [3.05, 3.63) is 77.4 Å². The summed E-state index contributed by atoms with van der Waals surface area (Å²) in [4.78, 5) is 12.9. The van der Waals surface area contributed by atoms with E-state index in [0.29, 0.717) is 40.9 Å². The van der Waals surface area contributed by atoms with Crippen LogP contribution in [0.2, 0.25) is 0 Å². The summed E-state index contributed by atoms with van der Waals surface area (Å²) in [5.41, 5.74) is 2.35. The van der Waals surface area contributed by atoms with Gasteiger partial charge < -0.3 is 23.7 Å². The minimum absolute atomic E-state index is 0.0195. The highest BCUT2D eigenvalue weighted by Gasteiger charge is 2.30. The fourth-order valence-electron chi connectivity index (χ4n) is 3.58. The number of carbonyl (C=O) groups is 1. The third-order valence-corrected chi connectivity index (χ3v) is 5.22. The summed E-state index contributed by atoms with van der Waals surface area (Å²) in [7, 11) is 4.71. The van der Waals surface area contributed by atoms with E-state index in [1.54, 1.807) is 39.5 Å². The Hall–Kier alpha value is -3.67. The van der Waals surface area contributed by atoms with Gasteiger partial charge >= 0.3 is 0 Å². The standard InChI is InChI=1S/C25H24O6/c1-27-20-10-9-17(11-23(20)28-2)21-13-19(26)18-12-24(29-3)25(14-22(18)31-21)30-15-16-7-5-4-6-8-16/h4-12,14,21H,13,15H2,1-3H3. The zero-order valence-electron chi connectivity index (χ0n) is 17.7. The van der Waals surface area contributed by atoms with E-state index >= 15 is 0 Å². The summed E-state index contributed by atoms with van der Waals surface area (Å²) in [5.74, 6) is 2.68. The van der Waals surface area contributed by atoms with Crippen LogP contribution < -0.4 is 23.7 Å². The van der Waals surface area contributed by atoms with Gasteiger partial charge in [0.05, 0.1) is 33.3 Å². The lowest BCUT2D eigenvalue weighted by molar-refractivity contribution is 0.0847. The van der Waals surface area contributed by atoms with Gasteiger partial charge in [-0.25, -0.2) is 0 Å². The van der Waals surface area contributed by atoms with Gasteiger partial charge in [-0.2, -0.15) is 0 Å². The molecule has 0 saturated carbocycles. The SMILES string of the molecule is COc1ccc(C2CC(=O)c3cc(OC)c(OCc4ccccc4)cc3O2)cc1OC. The summed E-state index contributed by atoms with van der Waals surface area (Å²) in [6.07, 6.45) is -0.217. The van der Waals surface area contributed by atoms with Crippen molar-refractivity contribution in [2.24, 2.45) is 0 Å². The Bertz CT molecular complexity index is 1080. The Kier molecular flexibility index (Phi) is 5.98. The first-order valence-corrected chi connectivity index (χ1v) is 9.93. The lowest BCUT2D eigenvalue weighted by Crippen LogP contribution is -2.20. The van der Waals surface area contributed by atoms with Gasteiger partial charge in [-0.05, 0) is 29.3 Å². The Morgan fingerprint density at radius 1 is 0.839 bits per heavy atom. The van der Waals surface area contributed by atoms with Gasteiger partial charge in [0, 0.05) is 6.07 Å². The van der Waals surface area contributed by atoms with E-state index in [9.17, 15) is 4.79 Å². The highest BCUT2D eigenvalue weighted by molar-refractivity contribution is 6.00. The fraction of sp³-hybridized carbons (Fsp3) is 0.240. The number of fused-ring (bicyclic) bond motifs is 1. The Morgan fingerprint density at radius 3 is 2.26 bits per heavy atom. The number of rotatable bonds is 7. The van der Waals surface area contributed by atoms with E-state index in [-0.39, 0.29) is 12.2 Å². The largest absolute Gasteiger partial charge is 0.493 e. The molecule has 0 fully saturated rings. The number of ketones is 1. The quantitative estimate of drug-likeness (QED) is 0.536. The molecule has 31 heavy (non-hydrogen) atoms. The van der Waals surface area contributed by atoms with Crippen molar-refractivity contribution in [1.29, 1.82) is 0 Å². The molecule has 1 aliphatic rings. The number of carbonyl (C=O) groups excluding carboxylic acids is 1. The Labute approximate surface area is 181 Å². The predicted molar refractivity (Wildman–Crippen MR) is 116 cm³/mol. The highest BCUT2D eigenvalue weighted by Crippen LogP contribution is 2.43. The second-order valence-corrected chi connectivity index (χ2v) is 7.12. The molecule has 0 N–H and O–H groups in total. The van der Waals surface area contributed by atoms with Crippen molar-refractivity contribution in [3.63, 3.8) is 0 Å². The summed E-state index contributed by atoms with van der Waals surface area (Å²) < 4.78 is 28.3. The number of hydrogen-bond donors (Lipinski definition) is 0. The molecule has 160 valence electrons. The van der Waals surface area contributed by atoms with Crippen LogP contribution in [-0.2, 0) is 6.61 Å². The molecule has 0 aliphatic carbocycles. The minimum atomic E-state index is -0.435. The van der Waals surface area contributed by atoms with E-state index in [4.69, 9.17) is 23.7 Å². The van der Waals surface area contributed by atoms with Crippen LogP contribution >= 0.6 is 0 Å². The van der Waals surface area contributed by atoms with Crippen molar-refractivity contribution < 1.29 is 28.5 Å². The van der Waals surface area contributed by atoms with Gasteiger partial charge in [0.1, 0.15) is 18.5 Å². The Morgan fingerprint density at radius 2 is 1.55 bits per heavy atom. The molecule has 0 radical (unpaired) electrons. The van der Waals surface area contributed by atoms with Crippen LogP contribution in [-0.4, -0.2) is 27.1 Å². The van der Waals surface area contributed by atoms with Gasteiger partial charge in [0.25, 0.3) is 0 Å². The van der Waals surface area contributed by atoms with Crippen molar-refractivity contribution >= 4 is 5.78 Å². The molecule has 1 heterocycles. The first-order chi connectivity index (χ1) is 15.1. The third-order valence-electron chi connectivity index (χ3n) is 5.22. The molecule has 0 amide bonds. The highest BCUT2D eigenvalue weighted by atomic mass is 16.5. The number of hydrogen-bond acceptors (Lipinski definition) is 6. The fourth-order valence-corrected chi connectivity index (χ4v) is 3.58. The molecule has 0 spiro atoms. The molecular weight excluding hydrogens is 396 g/mol. The molecule has 3 aromatic rings. The van der Waals surface area contributed by atoms with Crippen molar-refractivity contribution in [1.82, 2.24) is 0 Å². The van der Waals surface area contributed by atoms with E-state index < -0.39 is 6.10 Å². The minimum Gasteiger partial charge on any atom is -0.493 e. The molecule has 3 aromatic carbocycles. The second-order valence-electron chi connectivity index (χ2n) is 7.12. The maximum absolute atomic E-state index is 12.9. The number of ether oxygens (including phenoxy) is 5. The monoisotopic (exact) mass is 420 g/mol. The normalized spacial score (nSPS) is 14.9. The van der Waals surface area contributed by atoms with Crippen LogP contribution in [0.3, 0.4) is 0 Å². The van der Waals surface area contributed by atoms with E-state index in [1.807, 2.05) is 42.5 Å². The van der Waals surface area contributed by atoms with Crippen molar-refractivity contribution in [3.8, 4) is 28.7 Å². The van der Waals surface area contributed by atoms with Gasteiger partial charge in [0.15, 0.2) is 28.8 Å². The molecule has 1 aliphatic heterocycles. The molecule has 0 bridgehead atoms. The molecule has 4 rings (SSSR count). The third kappa shape index (κ3) is 4.28. The zero-order chi connectivity index (χ0) is 21.8. The summed E-state index contributed by atoms with van der Waals surface area (Å²) in [6.45, 7) is 0.378. The van der Waals surface area contributed by atoms with Crippen LogP contribution in [0.5, 0.6) is 28.7 Å². The van der Waals surface area contributed by atoms with Crippen LogP contribution in [0.25, 0.3) is 0 Å². The van der Waals surface area contributed by atoms with E-state index in [2.05, 4.69) is 0 Å². The number of Topliss-reactive ketones (excluding diaryl/α,β-unsaturated/α-hetero) is 1. The predicted octanol–water partition coefficient (Wildman–Crippen LogP) is 5.00. The van der Waals surface area contributed by atoms with Gasteiger partial charge in [0.2, 0.25) is 0 Å². The molecule has 6 nitrogen and oxygen atoms in total. The molecule has 1 unspecified atom stereocenters. The maximum Gasteiger partial charge on any atom is 0.170 e. The van der Waals surface area contributed by atoms with E-state index in [0.717, 1.165) is 11.1 Å². The summed E-state index contributed by atoms with van der Waals surface area (Å²) in [6, 6.07) is 18.8. The lowest BCUT2D eigenvalue weighted by Gasteiger charge is -2.27. The smallest absolute Gasteiger partial charge is 0.170 e. The second kappa shape index (κ2) is 9.00. The molecule has 1 atom stereocenters. The summed E-state index contributed by atoms with van der Waals surface area (Å²) in [5, 5.41) is 0. The summed E-state index contributed by atoms with van der Waals surface area (Å²) >= 11 is 0. The van der Waals surface area contributed by atoms with Crippen LogP contribution in [0.1, 0.15) is 34.0 Å². The van der Waals surface area contributed by atoms with Crippen LogP contribution in [0.15, 0.2) is 60.7 Å². The molecule has 6 heteroatoms. The van der Waals surface area contributed by atoms with Gasteiger partial charge in [-0.1, -0.05) is 36.4 Å². The van der Waals surface area contributed by atoms with Crippen molar-refractivity contribution in [2.75, 3.05) is 21.3 Å². The van der Waals surface area contributed by atoms with Gasteiger partial charge in [-0.15, -0.1) is 0 Å². The van der Waals surface area contributed by atoms with Crippen LogP contribution in [0.4, 0.5) is 0 Å². The maximum atomic E-state index is 12.9. The molecule has 0 saturated heterocycles. The first-order valence-electron chi connectivity index (χ1n) is 9.93. The Balaban J connectivity index is 1.62. The first kappa shape index (κ1) is 20.6. The van der Waals surface area contributed by atoms with Gasteiger partial charge in [-0.3, -0.25) is 4.79 Å². The van der Waals surface area contributed by atoms with Crippen molar-refractivity contribution in [2.45, 2.75) is 19.1 Å².